The minimum atomic E-state index is -1.82. The van der Waals surface area contributed by atoms with Gasteiger partial charge in [0, 0.05) is 6.04 Å². The fourth-order valence-corrected chi connectivity index (χ4v) is 4.55. The van der Waals surface area contributed by atoms with Crippen molar-refractivity contribution in [3.8, 4) is 23.0 Å². The van der Waals surface area contributed by atoms with Crippen molar-refractivity contribution < 1.29 is 48.3 Å². The Morgan fingerprint density at radius 2 is 1.43 bits per heavy atom. The molecule has 0 spiro atoms. The molecule has 2 aromatic carbocycles. The van der Waals surface area contributed by atoms with Crippen molar-refractivity contribution in [2.45, 2.75) is 51.7 Å². The van der Waals surface area contributed by atoms with Gasteiger partial charge >= 0.3 is 17.9 Å². The SMILES string of the molecule is COc1ccc(CC(CC(=O)OC(C)(C)C)[C@H]2NCCc3cc(OC)c(OC)cc32)cc1OC.O=C(O)C(=O)O. The molecule has 11 nitrogen and oxygen atoms in total. The highest BCUT2D eigenvalue weighted by Gasteiger charge is 2.32. The van der Waals surface area contributed by atoms with Crippen LogP contribution in [0, 0.1) is 5.92 Å². The zero-order valence-corrected chi connectivity index (χ0v) is 24.0. The molecule has 3 N–H and O–H groups in total. The minimum absolute atomic E-state index is 0.0508. The lowest BCUT2D eigenvalue weighted by atomic mass is 9.81. The van der Waals surface area contributed by atoms with E-state index >= 15 is 0 Å². The highest BCUT2D eigenvalue weighted by atomic mass is 16.6. The Morgan fingerprint density at radius 3 is 1.95 bits per heavy atom. The average Bonchev–Trinajstić information content (AvgIpc) is 2.90. The number of hydrogen-bond acceptors (Lipinski definition) is 9. The van der Waals surface area contributed by atoms with Crippen molar-refractivity contribution >= 4 is 17.9 Å². The molecule has 1 aliphatic heterocycles. The second-order valence-corrected chi connectivity index (χ2v) is 10.1. The summed E-state index contributed by atoms with van der Waals surface area (Å²) in [4.78, 5) is 31.1. The molecule has 0 amide bonds. The first-order valence-electron chi connectivity index (χ1n) is 12.7. The molecule has 3 rings (SSSR count). The summed E-state index contributed by atoms with van der Waals surface area (Å²) in [6.07, 6.45) is 1.81. The Kier molecular flexibility index (Phi) is 11.6. The molecule has 0 bridgehead atoms. The van der Waals surface area contributed by atoms with E-state index in [1.54, 1.807) is 28.4 Å². The van der Waals surface area contributed by atoms with Crippen molar-refractivity contribution in [3.63, 3.8) is 0 Å². The maximum atomic E-state index is 12.9. The van der Waals surface area contributed by atoms with E-state index in [1.165, 1.54) is 5.56 Å². The molecule has 1 aliphatic rings. The fourth-order valence-electron chi connectivity index (χ4n) is 4.55. The van der Waals surface area contributed by atoms with Crippen LogP contribution in [0.4, 0.5) is 0 Å². The second-order valence-electron chi connectivity index (χ2n) is 10.1. The number of nitrogens with one attached hydrogen (secondary N) is 1. The molecule has 1 unspecified atom stereocenters. The molecule has 0 radical (unpaired) electrons. The van der Waals surface area contributed by atoms with Crippen LogP contribution in [-0.4, -0.2) is 68.7 Å². The molecule has 11 heteroatoms. The Bertz CT molecular complexity index is 1180. The molecule has 2 atom stereocenters. The Morgan fingerprint density at radius 1 is 0.875 bits per heavy atom. The lowest BCUT2D eigenvalue weighted by molar-refractivity contribution is -0.159. The van der Waals surface area contributed by atoms with Crippen LogP contribution in [0.1, 0.15) is 49.9 Å². The van der Waals surface area contributed by atoms with Gasteiger partial charge in [0.2, 0.25) is 0 Å². The number of fused-ring (bicyclic) bond motifs is 1. The quantitative estimate of drug-likeness (QED) is 0.304. The van der Waals surface area contributed by atoms with Crippen LogP contribution in [0.15, 0.2) is 30.3 Å². The van der Waals surface area contributed by atoms with Crippen LogP contribution in [-0.2, 0) is 32.0 Å². The first-order chi connectivity index (χ1) is 18.8. The van der Waals surface area contributed by atoms with Crippen molar-refractivity contribution in [1.82, 2.24) is 5.32 Å². The van der Waals surface area contributed by atoms with Gasteiger partial charge in [0.1, 0.15) is 5.60 Å². The smallest absolute Gasteiger partial charge is 0.414 e. The molecule has 0 aromatic heterocycles. The molecule has 0 saturated carbocycles. The fraction of sp³-hybridized carbons (Fsp3) is 0.483. The largest absolute Gasteiger partial charge is 0.493 e. The van der Waals surface area contributed by atoms with Gasteiger partial charge in [-0.2, -0.15) is 0 Å². The van der Waals surface area contributed by atoms with Gasteiger partial charge in [0.15, 0.2) is 23.0 Å². The number of carbonyl (C=O) groups excluding carboxylic acids is 1. The summed E-state index contributed by atoms with van der Waals surface area (Å²) < 4.78 is 27.7. The van der Waals surface area contributed by atoms with Gasteiger partial charge in [-0.25, -0.2) is 9.59 Å². The molecule has 0 aliphatic carbocycles. The zero-order chi connectivity index (χ0) is 30.0. The minimum Gasteiger partial charge on any atom is -0.493 e. The number of ether oxygens (including phenoxy) is 5. The van der Waals surface area contributed by atoms with Crippen molar-refractivity contribution in [1.29, 1.82) is 0 Å². The monoisotopic (exact) mass is 561 g/mol. The Balaban J connectivity index is 0.000000840. The van der Waals surface area contributed by atoms with Gasteiger partial charge in [0.05, 0.1) is 34.9 Å². The summed E-state index contributed by atoms with van der Waals surface area (Å²) in [6, 6.07) is 9.91. The van der Waals surface area contributed by atoms with Crippen molar-refractivity contribution in [2.24, 2.45) is 5.92 Å². The van der Waals surface area contributed by atoms with E-state index in [0.717, 1.165) is 24.1 Å². The predicted molar refractivity (Wildman–Crippen MR) is 146 cm³/mol. The summed E-state index contributed by atoms with van der Waals surface area (Å²) in [6.45, 7) is 6.47. The number of hydrogen-bond donors (Lipinski definition) is 3. The van der Waals surface area contributed by atoms with E-state index in [9.17, 15) is 4.79 Å². The van der Waals surface area contributed by atoms with Crippen molar-refractivity contribution in [3.05, 3.63) is 47.0 Å². The average molecular weight is 562 g/mol. The highest BCUT2D eigenvalue weighted by Crippen LogP contribution is 2.40. The summed E-state index contributed by atoms with van der Waals surface area (Å²) in [7, 11) is 6.52. The van der Waals surface area contributed by atoms with Crippen LogP contribution in [0.25, 0.3) is 0 Å². The van der Waals surface area contributed by atoms with Gasteiger partial charge in [-0.15, -0.1) is 0 Å². The third kappa shape index (κ3) is 9.04. The number of benzene rings is 2. The number of carboxylic acid groups (broad SMARTS) is 2. The molecule has 220 valence electrons. The highest BCUT2D eigenvalue weighted by molar-refractivity contribution is 6.27. The van der Waals surface area contributed by atoms with Gasteiger partial charge in [-0.3, -0.25) is 4.79 Å². The van der Waals surface area contributed by atoms with Crippen LogP contribution >= 0.6 is 0 Å². The van der Waals surface area contributed by atoms with Gasteiger partial charge in [0.25, 0.3) is 0 Å². The number of carbonyl (C=O) groups is 3. The predicted octanol–water partition coefficient (Wildman–Crippen LogP) is 3.65. The molecule has 0 fully saturated rings. The van der Waals surface area contributed by atoms with Gasteiger partial charge in [-0.05, 0) is 87.0 Å². The number of aliphatic carboxylic acids is 2. The Labute approximate surface area is 234 Å². The van der Waals surface area contributed by atoms with Crippen LogP contribution in [0.2, 0.25) is 0 Å². The normalized spacial score (nSPS) is 14.9. The summed E-state index contributed by atoms with van der Waals surface area (Å²) in [5, 5.41) is 18.4. The topological polar surface area (TPSA) is 150 Å². The third-order valence-electron chi connectivity index (χ3n) is 6.19. The first kappa shape index (κ1) is 32.2. The number of carboxylic acids is 2. The first-order valence-corrected chi connectivity index (χ1v) is 12.7. The van der Waals surface area contributed by atoms with Crippen LogP contribution in [0.5, 0.6) is 23.0 Å². The molecule has 0 saturated heterocycles. The number of methoxy groups -OCH3 is 4. The van der Waals surface area contributed by atoms with Crippen LogP contribution < -0.4 is 24.3 Å². The van der Waals surface area contributed by atoms with E-state index < -0.39 is 17.5 Å². The lowest BCUT2D eigenvalue weighted by Gasteiger charge is -2.34. The van der Waals surface area contributed by atoms with E-state index in [1.807, 2.05) is 51.1 Å². The van der Waals surface area contributed by atoms with Crippen molar-refractivity contribution in [2.75, 3.05) is 35.0 Å². The van der Waals surface area contributed by atoms with E-state index in [-0.39, 0.29) is 24.3 Å². The third-order valence-corrected chi connectivity index (χ3v) is 6.19. The maximum Gasteiger partial charge on any atom is 0.414 e. The molecule has 40 heavy (non-hydrogen) atoms. The summed E-state index contributed by atoms with van der Waals surface area (Å²) in [5.74, 6) is -1.18. The zero-order valence-electron chi connectivity index (χ0n) is 24.0. The molecule has 1 heterocycles. The van der Waals surface area contributed by atoms with E-state index in [4.69, 9.17) is 43.5 Å². The van der Waals surface area contributed by atoms with E-state index in [0.29, 0.717) is 29.4 Å². The maximum absolute atomic E-state index is 12.9. The summed E-state index contributed by atoms with van der Waals surface area (Å²) >= 11 is 0. The van der Waals surface area contributed by atoms with Gasteiger partial charge in [-0.1, -0.05) is 6.07 Å². The van der Waals surface area contributed by atoms with E-state index in [2.05, 4.69) is 5.32 Å². The summed E-state index contributed by atoms with van der Waals surface area (Å²) in [5.41, 5.74) is 2.83. The molecular weight excluding hydrogens is 522 g/mol. The second kappa shape index (κ2) is 14.4. The molecular formula is C29H39NO10. The Hall–Kier alpha value is -3.99. The molecule has 2 aromatic rings. The van der Waals surface area contributed by atoms with Crippen LogP contribution in [0.3, 0.4) is 0 Å². The number of esters is 1. The standard InChI is InChI=1S/C27H37NO6.C2H2O4/c1-27(2,3)34-25(29)15-19(12-17-8-9-21(30-4)22(13-17)31-5)26-20-16-24(33-7)23(32-6)14-18(20)10-11-28-26;3-1(4)2(5)6/h8-9,13-14,16,19,26,28H,10-12,15H2,1-7H3;(H,3,4)(H,5,6)/t19?,26-;/m1./s1. The number of rotatable bonds is 9. The van der Waals surface area contributed by atoms with Gasteiger partial charge < -0.3 is 39.2 Å². The lowest BCUT2D eigenvalue weighted by Crippen LogP contribution is -2.37.